The summed E-state index contributed by atoms with van der Waals surface area (Å²) in [5.74, 6) is 0.942. The first-order valence-electron chi connectivity index (χ1n) is 10.7. The highest BCUT2D eigenvalue weighted by molar-refractivity contribution is 6.02. The molecule has 0 spiro atoms. The summed E-state index contributed by atoms with van der Waals surface area (Å²) in [6, 6.07) is 10.4. The number of urea groups is 1. The van der Waals surface area contributed by atoms with E-state index in [1.54, 1.807) is 36.5 Å². The number of hydrogen-bond acceptors (Lipinski definition) is 5. The molecule has 3 N–H and O–H groups in total. The molecule has 33 heavy (non-hydrogen) atoms. The molecule has 1 saturated carbocycles. The van der Waals surface area contributed by atoms with Crippen LogP contribution in [0.25, 0.3) is 10.9 Å². The van der Waals surface area contributed by atoms with Gasteiger partial charge in [-0.05, 0) is 55.7 Å². The van der Waals surface area contributed by atoms with Crippen LogP contribution in [0.2, 0.25) is 0 Å². The number of ether oxygens (including phenoxy) is 2. The molecule has 3 aromatic rings. The van der Waals surface area contributed by atoms with Crippen molar-refractivity contribution in [2.45, 2.75) is 25.8 Å². The first-order valence-corrected chi connectivity index (χ1v) is 10.7. The van der Waals surface area contributed by atoms with Crippen molar-refractivity contribution in [3.63, 3.8) is 0 Å². The summed E-state index contributed by atoms with van der Waals surface area (Å²) in [6.45, 7) is 1.13. The number of carbonyl (C=O) groups is 2. The molecular weight excluding hydrogens is 427 g/mol. The molecular formula is C24H25FN4O4. The summed E-state index contributed by atoms with van der Waals surface area (Å²) in [6.07, 6.45) is 3.64. The van der Waals surface area contributed by atoms with E-state index in [9.17, 15) is 14.0 Å². The van der Waals surface area contributed by atoms with Crippen LogP contribution in [-0.4, -0.2) is 43.3 Å². The highest BCUT2D eigenvalue weighted by Gasteiger charge is 2.23. The van der Waals surface area contributed by atoms with Crippen LogP contribution in [0.5, 0.6) is 17.2 Å². The maximum absolute atomic E-state index is 12.5. The van der Waals surface area contributed by atoms with Crippen LogP contribution in [0, 0.1) is 6.92 Å². The van der Waals surface area contributed by atoms with Gasteiger partial charge in [0.1, 0.15) is 23.9 Å². The molecule has 0 radical (unpaired) electrons. The number of carbonyl (C=O) groups excluding carboxylic acids is 2. The number of methoxy groups -OCH3 is 1. The van der Waals surface area contributed by atoms with Crippen LogP contribution in [0.3, 0.4) is 0 Å². The van der Waals surface area contributed by atoms with Crippen molar-refractivity contribution in [3.8, 4) is 17.2 Å². The van der Waals surface area contributed by atoms with Gasteiger partial charge in [-0.2, -0.15) is 0 Å². The Balaban J connectivity index is 1.59. The molecule has 0 saturated heterocycles. The van der Waals surface area contributed by atoms with Crippen molar-refractivity contribution in [1.82, 2.24) is 15.6 Å². The van der Waals surface area contributed by atoms with Gasteiger partial charge in [0.25, 0.3) is 5.91 Å². The largest absolute Gasteiger partial charge is 0.496 e. The molecule has 0 atom stereocenters. The van der Waals surface area contributed by atoms with Gasteiger partial charge in [-0.3, -0.25) is 9.78 Å². The Hall–Kier alpha value is -3.88. The lowest BCUT2D eigenvalue weighted by Crippen LogP contribution is -2.30. The van der Waals surface area contributed by atoms with E-state index in [1.165, 1.54) is 7.11 Å². The summed E-state index contributed by atoms with van der Waals surface area (Å²) >= 11 is 0. The lowest BCUT2D eigenvalue weighted by Gasteiger charge is -2.14. The molecule has 8 nitrogen and oxygen atoms in total. The van der Waals surface area contributed by atoms with Gasteiger partial charge in [0.05, 0.1) is 18.2 Å². The zero-order chi connectivity index (χ0) is 23.4. The van der Waals surface area contributed by atoms with Crippen LogP contribution in [0.15, 0.2) is 42.6 Å². The third-order valence-electron chi connectivity index (χ3n) is 5.23. The number of fused-ring (bicyclic) bond motifs is 1. The summed E-state index contributed by atoms with van der Waals surface area (Å²) in [5, 5.41) is 8.85. The number of halogens is 1. The van der Waals surface area contributed by atoms with Crippen LogP contribution < -0.4 is 25.4 Å². The number of aryl methyl sites for hydroxylation is 1. The van der Waals surface area contributed by atoms with Gasteiger partial charge in [0.15, 0.2) is 0 Å². The second-order valence-electron chi connectivity index (χ2n) is 7.78. The maximum Gasteiger partial charge on any atom is 0.319 e. The van der Waals surface area contributed by atoms with Crippen molar-refractivity contribution in [1.29, 1.82) is 0 Å². The minimum Gasteiger partial charge on any atom is -0.496 e. The molecule has 4 rings (SSSR count). The van der Waals surface area contributed by atoms with Crippen molar-refractivity contribution in [2.24, 2.45) is 0 Å². The minimum atomic E-state index is -0.663. The van der Waals surface area contributed by atoms with E-state index in [0.29, 0.717) is 33.8 Å². The molecule has 1 aromatic heterocycles. The van der Waals surface area contributed by atoms with E-state index >= 15 is 0 Å². The first kappa shape index (κ1) is 22.3. The van der Waals surface area contributed by atoms with Gasteiger partial charge in [0.2, 0.25) is 0 Å². The monoisotopic (exact) mass is 452 g/mol. The van der Waals surface area contributed by atoms with Crippen LogP contribution in [0.4, 0.5) is 14.9 Å². The normalized spacial score (nSPS) is 12.8. The Kier molecular flexibility index (Phi) is 6.58. The van der Waals surface area contributed by atoms with Crippen molar-refractivity contribution < 1.29 is 23.5 Å². The fourth-order valence-corrected chi connectivity index (χ4v) is 3.38. The number of benzene rings is 2. The third-order valence-corrected chi connectivity index (χ3v) is 5.23. The lowest BCUT2D eigenvalue weighted by molar-refractivity contribution is 0.0948. The molecule has 9 heteroatoms. The van der Waals surface area contributed by atoms with E-state index in [0.717, 1.165) is 18.4 Å². The average molecular weight is 452 g/mol. The number of nitrogens with one attached hydrogen (secondary N) is 3. The Morgan fingerprint density at radius 3 is 2.67 bits per heavy atom. The van der Waals surface area contributed by atoms with Crippen molar-refractivity contribution in [2.75, 3.05) is 25.6 Å². The molecule has 1 aliphatic carbocycles. The molecule has 1 aliphatic rings. The van der Waals surface area contributed by atoms with Crippen molar-refractivity contribution in [3.05, 3.63) is 53.7 Å². The number of alkyl halides is 1. The highest BCUT2D eigenvalue weighted by Crippen LogP contribution is 2.34. The number of anilines is 1. The van der Waals surface area contributed by atoms with Crippen LogP contribution in [0.1, 0.15) is 28.8 Å². The van der Waals surface area contributed by atoms with Crippen LogP contribution in [-0.2, 0) is 0 Å². The fraction of sp³-hybridized carbons (Fsp3) is 0.292. The molecule has 3 amide bonds. The van der Waals surface area contributed by atoms with Gasteiger partial charge < -0.3 is 25.4 Å². The minimum absolute atomic E-state index is 0.0885. The summed E-state index contributed by atoms with van der Waals surface area (Å²) in [4.78, 5) is 28.8. The quantitative estimate of drug-likeness (QED) is 0.472. The molecule has 1 fully saturated rings. The fourth-order valence-electron chi connectivity index (χ4n) is 3.38. The second-order valence-corrected chi connectivity index (χ2v) is 7.78. The maximum atomic E-state index is 12.5. The third kappa shape index (κ3) is 5.31. The Morgan fingerprint density at radius 1 is 1.15 bits per heavy atom. The lowest BCUT2D eigenvalue weighted by atomic mass is 10.1. The zero-order valence-electron chi connectivity index (χ0n) is 18.4. The van der Waals surface area contributed by atoms with Crippen LogP contribution >= 0.6 is 0 Å². The Labute approximate surface area is 190 Å². The van der Waals surface area contributed by atoms with Gasteiger partial charge in [-0.1, -0.05) is 0 Å². The summed E-state index contributed by atoms with van der Waals surface area (Å²) in [7, 11) is 1.46. The average Bonchev–Trinajstić information content (AvgIpc) is 3.62. The molecule has 1 heterocycles. The van der Waals surface area contributed by atoms with E-state index in [2.05, 4.69) is 20.9 Å². The number of amides is 3. The number of pyridine rings is 1. The molecule has 0 unspecified atom stereocenters. The SMILES string of the molecule is COc1cc2nccc(Oc3ccc(NC(=O)NC4CC4)c(C)c3)c2cc1C(=O)NCCF. The van der Waals surface area contributed by atoms with E-state index in [4.69, 9.17) is 9.47 Å². The molecule has 172 valence electrons. The summed E-state index contributed by atoms with van der Waals surface area (Å²) in [5.41, 5.74) is 2.37. The van der Waals surface area contributed by atoms with E-state index in [-0.39, 0.29) is 24.2 Å². The Morgan fingerprint density at radius 2 is 1.97 bits per heavy atom. The van der Waals surface area contributed by atoms with E-state index in [1.807, 2.05) is 13.0 Å². The zero-order valence-corrected chi connectivity index (χ0v) is 18.4. The first-order chi connectivity index (χ1) is 16.0. The molecule has 2 aromatic carbocycles. The molecule has 0 aliphatic heterocycles. The number of hydrogen-bond donors (Lipinski definition) is 3. The van der Waals surface area contributed by atoms with Gasteiger partial charge >= 0.3 is 6.03 Å². The smallest absolute Gasteiger partial charge is 0.319 e. The predicted octanol–water partition coefficient (Wildman–Crippen LogP) is 4.33. The van der Waals surface area contributed by atoms with Gasteiger partial charge in [-0.25, -0.2) is 9.18 Å². The Bertz CT molecular complexity index is 1200. The molecule has 0 bridgehead atoms. The predicted molar refractivity (Wildman–Crippen MR) is 123 cm³/mol. The standard InChI is InChI=1S/C24H25FN4O4/c1-14-11-16(5-6-19(14)29-24(31)28-15-3-4-15)33-21-7-9-26-20-13-22(32-2)18(12-17(20)21)23(30)27-10-8-25/h5-7,9,11-13,15H,3-4,8,10H2,1-2H3,(H,27,30)(H2,28,29,31). The van der Waals surface area contributed by atoms with E-state index < -0.39 is 12.6 Å². The number of rotatable bonds is 8. The summed E-state index contributed by atoms with van der Waals surface area (Å²) < 4.78 is 23.9. The second kappa shape index (κ2) is 9.72. The number of nitrogens with zero attached hydrogens (tertiary/aromatic N) is 1. The number of aromatic nitrogens is 1. The highest BCUT2D eigenvalue weighted by atomic mass is 19.1. The van der Waals surface area contributed by atoms with Gasteiger partial charge in [-0.15, -0.1) is 0 Å². The topological polar surface area (TPSA) is 102 Å². The van der Waals surface area contributed by atoms with Crippen molar-refractivity contribution >= 4 is 28.5 Å². The van der Waals surface area contributed by atoms with Gasteiger partial charge in [0, 0.05) is 35.9 Å².